The Kier molecular flexibility index (Phi) is 4.07. The third-order valence-electron chi connectivity index (χ3n) is 3.87. The highest BCUT2D eigenvalue weighted by Gasteiger charge is 2.14. The van der Waals surface area contributed by atoms with E-state index in [-0.39, 0.29) is 17.5 Å². The summed E-state index contributed by atoms with van der Waals surface area (Å²) >= 11 is 5.92. The number of aromatic nitrogens is 1. The molecule has 0 spiro atoms. The highest BCUT2D eigenvalue weighted by molar-refractivity contribution is 6.31. The summed E-state index contributed by atoms with van der Waals surface area (Å²) in [5.41, 5.74) is 2.65. The number of benzene rings is 3. The molecule has 2 N–H and O–H groups in total. The Hall–Kier alpha value is -3.31. The first-order valence-electron chi connectivity index (χ1n) is 7.86. The van der Waals surface area contributed by atoms with Crippen LogP contribution >= 0.6 is 11.6 Å². The molecule has 5 nitrogen and oxygen atoms in total. The van der Waals surface area contributed by atoms with E-state index < -0.39 is 0 Å². The second-order valence-electron chi connectivity index (χ2n) is 5.68. The third-order valence-corrected chi connectivity index (χ3v) is 4.10. The van der Waals surface area contributed by atoms with Crippen molar-refractivity contribution >= 4 is 34.3 Å². The number of phenolic OH excluding ortho intramolecular Hbond substituents is 1. The number of aromatic hydroxyl groups is 1. The lowest BCUT2D eigenvalue weighted by Crippen LogP contribution is -2.11. The topological polar surface area (TPSA) is 75.4 Å². The number of halogens is 1. The number of fused-ring (bicyclic) bond motifs is 1. The van der Waals surface area contributed by atoms with Crippen molar-refractivity contribution in [2.75, 3.05) is 5.32 Å². The molecule has 0 aliphatic heterocycles. The summed E-state index contributed by atoms with van der Waals surface area (Å²) in [4.78, 5) is 16.7. The number of oxazole rings is 1. The molecular weight excluding hydrogens is 352 g/mol. The second-order valence-corrected chi connectivity index (χ2v) is 6.12. The lowest BCUT2D eigenvalue weighted by molar-refractivity contribution is 0.102. The maximum atomic E-state index is 12.4. The van der Waals surface area contributed by atoms with Crippen LogP contribution in [0.5, 0.6) is 5.75 Å². The Labute approximate surface area is 153 Å². The van der Waals surface area contributed by atoms with E-state index in [1.165, 1.54) is 6.07 Å². The number of amides is 1. The van der Waals surface area contributed by atoms with E-state index in [0.717, 1.165) is 0 Å². The van der Waals surface area contributed by atoms with Crippen molar-refractivity contribution in [1.82, 2.24) is 4.98 Å². The van der Waals surface area contributed by atoms with E-state index in [0.29, 0.717) is 32.9 Å². The van der Waals surface area contributed by atoms with Gasteiger partial charge in [-0.1, -0.05) is 29.8 Å². The number of nitrogens with one attached hydrogen (secondary N) is 1. The van der Waals surface area contributed by atoms with Crippen LogP contribution in [0, 0.1) is 0 Å². The normalized spacial score (nSPS) is 10.8. The SMILES string of the molecule is O=C(Nc1ccc(O)c(-c2nc3ccccc3o2)c1)c1cccc(Cl)c1. The van der Waals surface area contributed by atoms with Gasteiger partial charge in [-0.05, 0) is 48.5 Å². The van der Waals surface area contributed by atoms with E-state index in [4.69, 9.17) is 16.0 Å². The minimum atomic E-state index is -0.304. The first-order valence-corrected chi connectivity index (χ1v) is 8.24. The maximum absolute atomic E-state index is 12.4. The van der Waals surface area contributed by atoms with Crippen molar-refractivity contribution in [1.29, 1.82) is 0 Å². The van der Waals surface area contributed by atoms with Gasteiger partial charge in [0.25, 0.3) is 5.91 Å². The first-order chi connectivity index (χ1) is 12.6. The Balaban J connectivity index is 1.67. The van der Waals surface area contributed by atoms with Crippen LogP contribution in [0.1, 0.15) is 10.4 Å². The summed E-state index contributed by atoms with van der Waals surface area (Å²) in [5.74, 6) is -0.0124. The predicted molar refractivity (Wildman–Crippen MR) is 101 cm³/mol. The average molecular weight is 365 g/mol. The number of para-hydroxylation sites is 2. The number of hydrogen-bond donors (Lipinski definition) is 2. The Morgan fingerprint density at radius 3 is 2.69 bits per heavy atom. The molecule has 0 unspecified atom stereocenters. The fourth-order valence-electron chi connectivity index (χ4n) is 2.61. The molecule has 1 aromatic heterocycles. The monoisotopic (exact) mass is 364 g/mol. The molecule has 128 valence electrons. The van der Waals surface area contributed by atoms with Gasteiger partial charge in [0.05, 0.1) is 5.56 Å². The summed E-state index contributed by atoms with van der Waals surface area (Å²) in [5, 5.41) is 13.4. The van der Waals surface area contributed by atoms with E-state index >= 15 is 0 Å². The smallest absolute Gasteiger partial charge is 0.255 e. The number of phenols is 1. The predicted octanol–water partition coefficient (Wildman–Crippen LogP) is 5.11. The molecule has 0 bridgehead atoms. The molecule has 4 aromatic rings. The van der Waals surface area contributed by atoms with Gasteiger partial charge in [0.2, 0.25) is 5.89 Å². The molecule has 0 saturated carbocycles. The van der Waals surface area contributed by atoms with Gasteiger partial charge in [0.1, 0.15) is 11.3 Å². The zero-order valence-electron chi connectivity index (χ0n) is 13.4. The largest absolute Gasteiger partial charge is 0.507 e. The lowest BCUT2D eigenvalue weighted by atomic mass is 10.1. The van der Waals surface area contributed by atoms with Crippen molar-refractivity contribution in [3.05, 3.63) is 77.3 Å². The van der Waals surface area contributed by atoms with Gasteiger partial charge in [0, 0.05) is 16.3 Å². The zero-order valence-corrected chi connectivity index (χ0v) is 14.2. The number of rotatable bonds is 3. The number of carbonyl (C=O) groups excluding carboxylic acids is 1. The highest BCUT2D eigenvalue weighted by atomic mass is 35.5. The van der Waals surface area contributed by atoms with Gasteiger partial charge >= 0.3 is 0 Å². The summed E-state index contributed by atoms with van der Waals surface area (Å²) in [6, 6.07) is 18.7. The summed E-state index contributed by atoms with van der Waals surface area (Å²) in [6.07, 6.45) is 0. The van der Waals surface area contributed by atoms with Crippen LogP contribution in [0.25, 0.3) is 22.6 Å². The fraction of sp³-hybridized carbons (Fsp3) is 0. The first kappa shape index (κ1) is 16.2. The minimum Gasteiger partial charge on any atom is -0.507 e. The quantitative estimate of drug-likeness (QED) is 0.495. The molecule has 6 heteroatoms. The van der Waals surface area contributed by atoms with E-state index in [9.17, 15) is 9.90 Å². The summed E-state index contributed by atoms with van der Waals surface area (Å²) in [6.45, 7) is 0. The van der Waals surface area contributed by atoms with Crippen molar-refractivity contribution < 1.29 is 14.3 Å². The van der Waals surface area contributed by atoms with Crippen LogP contribution in [0.4, 0.5) is 5.69 Å². The van der Waals surface area contributed by atoms with Crippen LogP contribution in [0.3, 0.4) is 0 Å². The molecular formula is C20H13ClN2O3. The average Bonchev–Trinajstić information content (AvgIpc) is 3.07. The minimum absolute atomic E-state index is 0.0114. The standard InChI is InChI=1S/C20H13ClN2O3/c21-13-5-3-4-12(10-13)19(25)22-14-8-9-17(24)15(11-14)20-23-16-6-1-2-7-18(16)26-20/h1-11,24H,(H,22,25). The van der Waals surface area contributed by atoms with Crippen LogP contribution in [-0.2, 0) is 0 Å². The highest BCUT2D eigenvalue weighted by Crippen LogP contribution is 2.33. The molecule has 26 heavy (non-hydrogen) atoms. The van der Waals surface area contributed by atoms with Crippen molar-refractivity contribution in [2.24, 2.45) is 0 Å². The Morgan fingerprint density at radius 2 is 1.88 bits per heavy atom. The molecule has 0 fully saturated rings. The van der Waals surface area contributed by atoms with Crippen LogP contribution in [0.2, 0.25) is 5.02 Å². The van der Waals surface area contributed by atoms with E-state index in [1.54, 1.807) is 42.5 Å². The summed E-state index contributed by atoms with van der Waals surface area (Å²) < 4.78 is 5.69. The van der Waals surface area contributed by atoms with Gasteiger partial charge < -0.3 is 14.8 Å². The van der Waals surface area contributed by atoms with Gasteiger partial charge in [-0.2, -0.15) is 0 Å². The van der Waals surface area contributed by atoms with Gasteiger partial charge in [0.15, 0.2) is 5.58 Å². The molecule has 1 amide bonds. The number of hydrogen-bond acceptors (Lipinski definition) is 4. The molecule has 0 radical (unpaired) electrons. The number of nitrogens with zero attached hydrogens (tertiary/aromatic N) is 1. The van der Waals surface area contributed by atoms with E-state index in [1.807, 2.05) is 18.2 Å². The Morgan fingerprint density at radius 1 is 1.04 bits per heavy atom. The Bertz CT molecular complexity index is 1090. The molecule has 0 aliphatic carbocycles. The molecule has 0 atom stereocenters. The lowest BCUT2D eigenvalue weighted by Gasteiger charge is -2.08. The van der Waals surface area contributed by atoms with Crippen LogP contribution < -0.4 is 5.32 Å². The van der Waals surface area contributed by atoms with Crippen LogP contribution in [0.15, 0.2) is 71.1 Å². The second kappa shape index (κ2) is 6.54. The van der Waals surface area contributed by atoms with Crippen LogP contribution in [-0.4, -0.2) is 16.0 Å². The zero-order chi connectivity index (χ0) is 18.1. The van der Waals surface area contributed by atoms with Gasteiger partial charge in [-0.15, -0.1) is 0 Å². The van der Waals surface area contributed by atoms with Gasteiger partial charge in [-0.3, -0.25) is 4.79 Å². The molecule has 3 aromatic carbocycles. The number of anilines is 1. The third kappa shape index (κ3) is 3.12. The van der Waals surface area contributed by atoms with E-state index in [2.05, 4.69) is 10.3 Å². The summed E-state index contributed by atoms with van der Waals surface area (Å²) in [7, 11) is 0. The van der Waals surface area contributed by atoms with Crippen molar-refractivity contribution in [3.8, 4) is 17.2 Å². The molecule has 0 saturated heterocycles. The van der Waals surface area contributed by atoms with Gasteiger partial charge in [-0.25, -0.2) is 4.98 Å². The number of carbonyl (C=O) groups is 1. The van der Waals surface area contributed by atoms with Crippen molar-refractivity contribution in [3.63, 3.8) is 0 Å². The molecule has 4 rings (SSSR count). The molecule has 1 heterocycles. The fourth-order valence-corrected chi connectivity index (χ4v) is 2.80. The molecule has 0 aliphatic rings. The van der Waals surface area contributed by atoms with Crippen molar-refractivity contribution in [2.45, 2.75) is 0 Å². The maximum Gasteiger partial charge on any atom is 0.255 e.